The van der Waals surface area contributed by atoms with Crippen molar-refractivity contribution in [3.05, 3.63) is 16.9 Å². The van der Waals surface area contributed by atoms with Crippen LogP contribution in [0, 0.1) is 0 Å². The summed E-state index contributed by atoms with van der Waals surface area (Å²) >= 11 is 6.13. The van der Waals surface area contributed by atoms with E-state index in [1.54, 1.807) is 13.3 Å². The lowest BCUT2D eigenvalue weighted by molar-refractivity contribution is 0.199. The van der Waals surface area contributed by atoms with Crippen molar-refractivity contribution in [2.45, 2.75) is 32.7 Å². The number of halogens is 1. The van der Waals surface area contributed by atoms with E-state index >= 15 is 0 Å². The van der Waals surface area contributed by atoms with Crippen LogP contribution in [-0.4, -0.2) is 36.6 Å². The summed E-state index contributed by atoms with van der Waals surface area (Å²) in [5.41, 5.74) is 1.13. The zero-order chi connectivity index (χ0) is 12.7. The van der Waals surface area contributed by atoms with Gasteiger partial charge < -0.3 is 10.1 Å². The molecule has 1 aromatic rings. The molecule has 0 unspecified atom stereocenters. The Bertz CT molecular complexity index is 326. The first-order valence-electron chi connectivity index (χ1n) is 6.08. The van der Waals surface area contributed by atoms with Gasteiger partial charge in [0, 0.05) is 19.7 Å². The highest BCUT2D eigenvalue weighted by Crippen LogP contribution is 2.19. The Morgan fingerprint density at radius 2 is 2.24 bits per heavy atom. The van der Waals surface area contributed by atoms with E-state index in [0.29, 0.717) is 6.04 Å². The number of ether oxygens (including phenoxy) is 1. The van der Waals surface area contributed by atoms with Gasteiger partial charge in [-0.1, -0.05) is 11.6 Å². The van der Waals surface area contributed by atoms with Crippen LogP contribution in [0.4, 0.5) is 0 Å². The van der Waals surface area contributed by atoms with Gasteiger partial charge in [-0.2, -0.15) is 5.10 Å². The standard InChI is InChI=1S/C12H22ClN3O/c1-10(2)16-12(11(13)9-15-16)5-4-6-14-7-8-17-3/h9-10,14H,4-8H2,1-3H3. The minimum Gasteiger partial charge on any atom is -0.383 e. The van der Waals surface area contributed by atoms with Gasteiger partial charge in [0.2, 0.25) is 0 Å². The van der Waals surface area contributed by atoms with Gasteiger partial charge in [0.15, 0.2) is 0 Å². The van der Waals surface area contributed by atoms with Gasteiger partial charge in [0.1, 0.15) is 0 Å². The van der Waals surface area contributed by atoms with E-state index in [0.717, 1.165) is 43.3 Å². The molecule has 1 heterocycles. The molecule has 0 bridgehead atoms. The minimum absolute atomic E-state index is 0.360. The van der Waals surface area contributed by atoms with Gasteiger partial charge in [-0.3, -0.25) is 4.68 Å². The number of nitrogens with zero attached hydrogens (tertiary/aromatic N) is 2. The van der Waals surface area contributed by atoms with E-state index in [1.165, 1.54) is 0 Å². The van der Waals surface area contributed by atoms with Crippen molar-refractivity contribution in [1.82, 2.24) is 15.1 Å². The van der Waals surface area contributed by atoms with Crippen molar-refractivity contribution in [3.8, 4) is 0 Å². The number of nitrogens with one attached hydrogen (secondary N) is 1. The van der Waals surface area contributed by atoms with E-state index in [2.05, 4.69) is 24.3 Å². The summed E-state index contributed by atoms with van der Waals surface area (Å²) in [7, 11) is 1.71. The van der Waals surface area contributed by atoms with Gasteiger partial charge in [-0.25, -0.2) is 0 Å². The third-order valence-corrected chi connectivity index (χ3v) is 2.90. The first kappa shape index (κ1) is 14.5. The average Bonchev–Trinajstić information content (AvgIpc) is 2.65. The first-order chi connectivity index (χ1) is 8.16. The van der Waals surface area contributed by atoms with Gasteiger partial charge in [-0.15, -0.1) is 0 Å². The van der Waals surface area contributed by atoms with Crippen molar-refractivity contribution < 1.29 is 4.74 Å². The number of methoxy groups -OCH3 is 1. The van der Waals surface area contributed by atoms with Crippen molar-refractivity contribution in [2.24, 2.45) is 0 Å². The Hall–Kier alpha value is -0.580. The van der Waals surface area contributed by atoms with E-state index in [-0.39, 0.29) is 0 Å². The summed E-state index contributed by atoms with van der Waals surface area (Å²) in [4.78, 5) is 0. The Kier molecular flexibility index (Phi) is 6.55. The van der Waals surface area contributed by atoms with Crippen LogP contribution in [0.5, 0.6) is 0 Å². The maximum absolute atomic E-state index is 6.13. The molecular weight excluding hydrogens is 238 g/mol. The number of aromatic nitrogens is 2. The Morgan fingerprint density at radius 1 is 1.47 bits per heavy atom. The fourth-order valence-corrected chi connectivity index (χ4v) is 1.95. The average molecular weight is 260 g/mol. The van der Waals surface area contributed by atoms with E-state index in [4.69, 9.17) is 16.3 Å². The summed E-state index contributed by atoms with van der Waals surface area (Å²) in [5.74, 6) is 0. The zero-order valence-electron chi connectivity index (χ0n) is 10.9. The first-order valence-corrected chi connectivity index (χ1v) is 6.46. The predicted octanol–water partition coefficient (Wildman–Crippen LogP) is 2.29. The molecule has 0 saturated heterocycles. The lowest BCUT2D eigenvalue weighted by Gasteiger charge is -2.11. The largest absolute Gasteiger partial charge is 0.383 e. The lowest BCUT2D eigenvalue weighted by Crippen LogP contribution is -2.21. The molecule has 0 radical (unpaired) electrons. The molecule has 0 amide bonds. The van der Waals surface area contributed by atoms with Crippen LogP contribution in [-0.2, 0) is 11.2 Å². The van der Waals surface area contributed by atoms with Crippen molar-refractivity contribution in [2.75, 3.05) is 26.8 Å². The second-order valence-electron chi connectivity index (χ2n) is 4.32. The van der Waals surface area contributed by atoms with E-state index in [1.807, 2.05) is 4.68 Å². The smallest absolute Gasteiger partial charge is 0.0817 e. The molecule has 4 nitrogen and oxygen atoms in total. The summed E-state index contributed by atoms with van der Waals surface area (Å²) < 4.78 is 6.96. The summed E-state index contributed by atoms with van der Waals surface area (Å²) in [5, 5.41) is 8.38. The van der Waals surface area contributed by atoms with Crippen LogP contribution in [0.3, 0.4) is 0 Å². The fourth-order valence-electron chi connectivity index (χ4n) is 1.73. The molecule has 1 rings (SSSR count). The molecule has 0 aliphatic rings. The quantitative estimate of drug-likeness (QED) is 0.728. The van der Waals surface area contributed by atoms with Crippen LogP contribution < -0.4 is 5.32 Å². The molecule has 1 aromatic heterocycles. The molecule has 1 N–H and O–H groups in total. The highest BCUT2D eigenvalue weighted by atomic mass is 35.5. The van der Waals surface area contributed by atoms with Crippen molar-refractivity contribution >= 4 is 11.6 Å². The molecule has 0 aliphatic carbocycles. The van der Waals surface area contributed by atoms with Crippen molar-refractivity contribution in [1.29, 1.82) is 0 Å². The molecular formula is C12H22ClN3O. The fraction of sp³-hybridized carbons (Fsp3) is 0.750. The van der Waals surface area contributed by atoms with E-state index in [9.17, 15) is 0 Å². The number of hydrogen-bond donors (Lipinski definition) is 1. The molecule has 0 saturated carbocycles. The van der Waals surface area contributed by atoms with Crippen LogP contribution in [0.25, 0.3) is 0 Å². The topological polar surface area (TPSA) is 39.1 Å². The summed E-state index contributed by atoms with van der Waals surface area (Å²) in [6.07, 6.45) is 3.74. The van der Waals surface area contributed by atoms with Crippen LogP contribution in [0.2, 0.25) is 5.02 Å². The normalized spacial score (nSPS) is 11.4. The predicted molar refractivity (Wildman–Crippen MR) is 70.7 cm³/mol. The maximum atomic E-state index is 6.13. The molecule has 5 heteroatoms. The zero-order valence-corrected chi connectivity index (χ0v) is 11.6. The number of rotatable bonds is 8. The third-order valence-electron chi connectivity index (χ3n) is 2.59. The van der Waals surface area contributed by atoms with Crippen molar-refractivity contribution in [3.63, 3.8) is 0 Å². The minimum atomic E-state index is 0.360. The second kappa shape index (κ2) is 7.69. The van der Waals surface area contributed by atoms with Gasteiger partial charge in [0.05, 0.1) is 23.5 Å². The van der Waals surface area contributed by atoms with Gasteiger partial charge >= 0.3 is 0 Å². The summed E-state index contributed by atoms with van der Waals surface area (Å²) in [6.45, 7) is 6.86. The molecule has 0 aromatic carbocycles. The Morgan fingerprint density at radius 3 is 2.88 bits per heavy atom. The molecule has 17 heavy (non-hydrogen) atoms. The number of hydrogen-bond acceptors (Lipinski definition) is 3. The lowest BCUT2D eigenvalue weighted by atomic mass is 10.2. The Labute approximate surface area is 108 Å². The molecule has 0 aliphatic heterocycles. The second-order valence-corrected chi connectivity index (χ2v) is 4.73. The highest BCUT2D eigenvalue weighted by Gasteiger charge is 2.10. The molecule has 0 spiro atoms. The molecule has 0 atom stereocenters. The highest BCUT2D eigenvalue weighted by molar-refractivity contribution is 6.31. The third kappa shape index (κ3) is 4.66. The summed E-state index contributed by atoms with van der Waals surface area (Å²) in [6, 6.07) is 0.360. The van der Waals surface area contributed by atoms with E-state index < -0.39 is 0 Å². The van der Waals surface area contributed by atoms with Gasteiger partial charge in [0.25, 0.3) is 0 Å². The van der Waals surface area contributed by atoms with Crippen LogP contribution >= 0.6 is 11.6 Å². The van der Waals surface area contributed by atoms with Gasteiger partial charge in [-0.05, 0) is 33.2 Å². The monoisotopic (exact) mass is 259 g/mol. The molecule has 0 fully saturated rings. The molecule has 98 valence electrons. The Balaban J connectivity index is 2.33. The van der Waals surface area contributed by atoms with Crippen LogP contribution in [0.15, 0.2) is 6.20 Å². The maximum Gasteiger partial charge on any atom is 0.0817 e. The SMILES string of the molecule is COCCNCCCc1c(Cl)cnn1C(C)C. The van der Waals surface area contributed by atoms with Crippen LogP contribution in [0.1, 0.15) is 32.0 Å².